The van der Waals surface area contributed by atoms with Crippen LogP contribution in [0.4, 0.5) is 5.13 Å². The van der Waals surface area contributed by atoms with Crippen molar-refractivity contribution in [3.05, 3.63) is 18.5 Å². The summed E-state index contributed by atoms with van der Waals surface area (Å²) in [4.78, 5) is 8.02. The summed E-state index contributed by atoms with van der Waals surface area (Å²) in [7, 11) is 0. The Morgan fingerprint density at radius 3 is 3.00 bits per heavy atom. The van der Waals surface area contributed by atoms with Gasteiger partial charge in [0.2, 0.25) is 5.13 Å². The van der Waals surface area contributed by atoms with Gasteiger partial charge in [-0.2, -0.15) is 9.47 Å². The van der Waals surface area contributed by atoms with Crippen molar-refractivity contribution in [3.8, 4) is 0 Å². The van der Waals surface area contributed by atoms with Gasteiger partial charge in [0, 0.05) is 11.5 Å². The molecule has 0 bridgehead atoms. The Kier molecular flexibility index (Phi) is 2.17. The van der Waals surface area contributed by atoms with Crippen molar-refractivity contribution in [3.63, 3.8) is 0 Å². The molecule has 0 aliphatic rings. The summed E-state index contributed by atoms with van der Waals surface area (Å²) in [5, 5.41) is 10.5. The highest BCUT2D eigenvalue weighted by atomic mass is 32.1. The van der Waals surface area contributed by atoms with E-state index in [1.165, 1.54) is 24.2 Å². The molecule has 0 saturated heterocycles. The molecule has 2 rings (SSSR count). The third kappa shape index (κ3) is 1.81. The molecule has 0 radical (unpaired) electrons. The van der Waals surface area contributed by atoms with Crippen LogP contribution in [0.25, 0.3) is 0 Å². The Hall–Kier alpha value is -1.50. The minimum absolute atomic E-state index is 0.0652. The molecule has 1 unspecified atom stereocenters. The van der Waals surface area contributed by atoms with Gasteiger partial charge in [0.15, 0.2) is 0 Å². The fraction of sp³-hybridized carbons (Fsp3) is 0.333. The molecular weight excluding hydrogens is 188 g/mol. The van der Waals surface area contributed by atoms with Gasteiger partial charge in [-0.15, -0.1) is 0 Å². The van der Waals surface area contributed by atoms with Gasteiger partial charge < -0.3 is 5.32 Å². The fourth-order valence-electron chi connectivity index (χ4n) is 0.914. The molecule has 2 heterocycles. The molecule has 0 spiro atoms. The summed E-state index contributed by atoms with van der Waals surface area (Å²) >= 11 is 1.31. The summed E-state index contributed by atoms with van der Waals surface area (Å²) in [5.74, 6) is 0.787. The van der Waals surface area contributed by atoms with Gasteiger partial charge >= 0.3 is 0 Å². The third-order valence-corrected chi connectivity index (χ3v) is 2.14. The predicted molar refractivity (Wildman–Crippen MR) is 48.3 cm³/mol. The minimum Gasteiger partial charge on any atom is -0.351 e. The molecule has 68 valence electrons. The average Bonchev–Trinajstić information content (AvgIpc) is 2.74. The molecular formula is C6H8N6S. The zero-order chi connectivity index (χ0) is 9.10. The lowest BCUT2D eigenvalue weighted by molar-refractivity contribution is 0.794. The van der Waals surface area contributed by atoms with Crippen LogP contribution in [0.3, 0.4) is 0 Å². The highest BCUT2D eigenvalue weighted by Gasteiger charge is 2.08. The monoisotopic (exact) mass is 196 g/mol. The van der Waals surface area contributed by atoms with Crippen LogP contribution in [0, 0.1) is 0 Å². The van der Waals surface area contributed by atoms with E-state index < -0.39 is 0 Å². The zero-order valence-corrected chi connectivity index (χ0v) is 7.75. The number of aromatic amines is 1. The van der Waals surface area contributed by atoms with E-state index in [-0.39, 0.29) is 6.04 Å². The van der Waals surface area contributed by atoms with Crippen LogP contribution in [0.15, 0.2) is 12.7 Å². The average molecular weight is 196 g/mol. The quantitative estimate of drug-likeness (QED) is 0.760. The van der Waals surface area contributed by atoms with Crippen molar-refractivity contribution < 1.29 is 0 Å². The Morgan fingerprint density at radius 1 is 1.46 bits per heavy atom. The molecule has 0 aliphatic carbocycles. The van der Waals surface area contributed by atoms with E-state index in [4.69, 9.17) is 0 Å². The Morgan fingerprint density at radius 2 is 2.38 bits per heavy atom. The van der Waals surface area contributed by atoms with E-state index in [2.05, 4.69) is 29.9 Å². The maximum atomic E-state index is 4.02. The predicted octanol–water partition coefficient (Wildman–Crippen LogP) is 0.829. The molecule has 0 aromatic carbocycles. The van der Waals surface area contributed by atoms with Crippen LogP contribution in [0.5, 0.6) is 0 Å². The molecule has 0 amide bonds. The zero-order valence-electron chi connectivity index (χ0n) is 6.93. The van der Waals surface area contributed by atoms with Crippen molar-refractivity contribution in [1.29, 1.82) is 0 Å². The molecule has 2 N–H and O–H groups in total. The van der Waals surface area contributed by atoms with Crippen LogP contribution in [-0.2, 0) is 0 Å². The Labute approximate surface area is 78.6 Å². The van der Waals surface area contributed by atoms with E-state index in [0.717, 1.165) is 11.0 Å². The smallest absolute Gasteiger partial charge is 0.202 e. The van der Waals surface area contributed by atoms with Gasteiger partial charge in [-0.05, 0) is 6.92 Å². The summed E-state index contributed by atoms with van der Waals surface area (Å²) in [6, 6.07) is 0.0652. The minimum atomic E-state index is 0.0652. The van der Waals surface area contributed by atoms with Gasteiger partial charge in [0.05, 0.1) is 6.04 Å². The van der Waals surface area contributed by atoms with Crippen molar-refractivity contribution in [1.82, 2.24) is 24.5 Å². The summed E-state index contributed by atoms with van der Waals surface area (Å²) in [5.41, 5.74) is 0. The van der Waals surface area contributed by atoms with Crippen LogP contribution in [0.2, 0.25) is 0 Å². The fourth-order valence-corrected chi connectivity index (χ4v) is 1.43. The first-order valence-corrected chi connectivity index (χ1v) is 4.52. The number of hydrogen-bond acceptors (Lipinski definition) is 6. The van der Waals surface area contributed by atoms with Gasteiger partial charge in [-0.3, -0.25) is 5.10 Å². The first kappa shape index (κ1) is 8.11. The normalized spacial score (nSPS) is 12.7. The largest absolute Gasteiger partial charge is 0.351 e. The molecule has 7 heteroatoms. The van der Waals surface area contributed by atoms with Crippen molar-refractivity contribution >= 4 is 16.7 Å². The van der Waals surface area contributed by atoms with E-state index in [9.17, 15) is 0 Å². The number of aromatic nitrogens is 5. The van der Waals surface area contributed by atoms with Crippen molar-refractivity contribution in [2.24, 2.45) is 0 Å². The van der Waals surface area contributed by atoms with Gasteiger partial charge in [-0.1, -0.05) is 0 Å². The molecule has 0 saturated carbocycles. The number of H-pyrrole nitrogens is 1. The van der Waals surface area contributed by atoms with Gasteiger partial charge in [0.25, 0.3) is 0 Å². The second-order valence-electron chi connectivity index (χ2n) is 2.48. The maximum absolute atomic E-state index is 4.02. The topological polar surface area (TPSA) is 79.4 Å². The maximum Gasteiger partial charge on any atom is 0.202 e. The Balaban J connectivity index is 2.04. The number of hydrogen-bond donors (Lipinski definition) is 2. The van der Waals surface area contributed by atoms with Crippen LogP contribution in [0.1, 0.15) is 18.8 Å². The van der Waals surface area contributed by atoms with Crippen molar-refractivity contribution in [2.45, 2.75) is 13.0 Å². The van der Waals surface area contributed by atoms with Crippen molar-refractivity contribution in [2.75, 3.05) is 5.32 Å². The summed E-state index contributed by atoms with van der Waals surface area (Å²) < 4.78 is 3.88. The highest BCUT2D eigenvalue weighted by molar-refractivity contribution is 7.09. The molecule has 2 aromatic heterocycles. The lowest BCUT2D eigenvalue weighted by Gasteiger charge is -2.07. The molecule has 6 nitrogen and oxygen atoms in total. The first-order valence-electron chi connectivity index (χ1n) is 3.75. The highest BCUT2D eigenvalue weighted by Crippen LogP contribution is 2.15. The second-order valence-corrected chi connectivity index (χ2v) is 3.26. The molecule has 0 aliphatic heterocycles. The second kappa shape index (κ2) is 3.48. The van der Waals surface area contributed by atoms with E-state index in [1.54, 1.807) is 0 Å². The standard InChI is InChI=1S/C6H8N6S/c1-4(5-7-2-9-12-5)11-6-8-3-10-13-6/h2-4H,1H3,(H,7,9,12)(H,8,10,11). The molecule has 13 heavy (non-hydrogen) atoms. The van der Waals surface area contributed by atoms with Crippen LogP contribution >= 0.6 is 11.5 Å². The van der Waals surface area contributed by atoms with E-state index in [0.29, 0.717) is 0 Å². The Bertz CT molecular complexity index is 341. The lowest BCUT2D eigenvalue weighted by atomic mass is 10.3. The molecule has 1 atom stereocenters. The summed E-state index contributed by atoms with van der Waals surface area (Å²) in [6.07, 6.45) is 2.99. The summed E-state index contributed by atoms with van der Waals surface area (Å²) in [6.45, 7) is 1.97. The van der Waals surface area contributed by atoms with Crippen LogP contribution < -0.4 is 5.32 Å². The number of rotatable bonds is 3. The molecule has 2 aromatic rings. The third-order valence-electron chi connectivity index (χ3n) is 1.55. The lowest BCUT2D eigenvalue weighted by Crippen LogP contribution is -2.07. The number of nitrogens with one attached hydrogen (secondary N) is 2. The van der Waals surface area contributed by atoms with Gasteiger partial charge in [-0.25, -0.2) is 9.97 Å². The molecule has 0 fully saturated rings. The number of nitrogens with zero attached hydrogens (tertiary/aromatic N) is 4. The SMILES string of the molecule is CC(Nc1ncns1)c1ncn[nH]1. The first-order chi connectivity index (χ1) is 6.36. The van der Waals surface area contributed by atoms with Gasteiger partial charge in [0.1, 0.15) is 18.5 Å². The number of anilines is 1. The van der Waals surface area contributed by atoms with E-state index in [1.807, 2.05) is 6.92 Å². The van der Waals surface area contributed by atoms with Crippen LogP contribution in [-0.4, -0.2) is 24.5 Å². The van der Waals surface area contributed by atoms with E-state index >= 15 is 0 Å².